The number of fused-ring (bicyclic) bond motifs is 1. The third-order valence-electron chi connectivity index (χ3n) is 5.27. The second kappa shape index (κ2) is 8.37. The summed E-state index contributed by atoms with van der Waals surface area (Å²) in [6.07, 6.45) is 0. The average molecular weight is 472 g/mol. The predicted molar refractivity (Wildman–Crippen MR) is 126 cm³/mol. The van der Waals surface area contributed by atoms with Gasteiger partial charge in [-0.1, -0.05) is 23.7 Å². The van der Waals surface area contributed by atoms with Gasteiger partial charge in [0.15, 0.2) is 0 Å². The molecule has 1 N–H and O–H groups in total. The van der Waals surface area contributed by atoms with Crippen molar-refractivity contribution in [1.82, 2.24) is 9.13 Å². The molecular formula is C23H19ClFN3O3S. The van der Waals surface area contributed by atoms with Crippen LogP contribution in [0.25, 0.3) is 15.9 Å². The number of nitrogens with zero attached hydrogens (tertiary/aromatic N) is 2. The van der Waals surface area contributed by atoms with E-state index in [0.717, 1.165) is 15.0 Å². The zero-order chi connectivity index (χ0) is 23.2. The van der Waals surface area contributed by atoms with Crippen LogP contribution in [-0.4, -0.2) is 15.0 Å². The highest BCUT2D eigenvalue weighted by molar-refractivity contribution is 7.18. The van der Waals surface area contributed by atoms with Crippen LogP contribution < -0.4 is 16.6 Å². The van der Waals surface area contributed by atoms with Gasteiger partial charge in [0, 0.05) is 15.6 Å². The molecule has 0 atom stereocenters. The van der Waals surface area contributed by atoms with E-state index in [-0.39, 0.29) is 12.2 Å². The van der Waals surface area contributed by atoms with Crippen LogP contribution in [0.1, 0.15) is 16.0 Å². The number of thiophene rings is 1. The van der Waals surface area contributed by atoms with Crippen molar-refractivity contribution in [3.63, 3.8) is 0 Å². The smallest absolute Gasteiger partial charge is 0.324 e. The molecule has 0 fully saturated rings. The molecule has 6 nitrogen and oxygen atoms in total. The zero-order valence-electron chi connectivity index (χ0n) is 17.5. The van der Waals surface area contributed by atoms with Crippen molar-refractivity contribution in [2.75, 3.05) is 5.32 Å². The van der Waals surface area contributed by atoms with Gasteiger partial charge in [-0.25, -0.2) is 13.8 Å². The standard InChI is InChI=1S/C23H19ClFN3O3S/c1-12-7-8-16(10-18(12)25)26-19(29)11-27-22-20(13(2)14(3)32-22)21(30)28(23(27)31)17-6-4-5-15(24)9-17/h4-10H,11H2,1-3H3,(H,26,29). The van der Waals surface area contributed by atoms with Crippen LogP contribution >= 0.6 is 22.9 Å². The Labute approximate surface area is 191 Å². The number of carbonyl (C=O) groups is 1. The van der Waals surface area contributed by atoms with Crippen molar-refractivity contribution in [1.29, 1.82) is 0 Å². The van der Waals surface area contributed by atoms with Crippen molar-refractivity contribution < 1.29 is 9.18 Å². The van der Waals surface area contributed by atoms with E-state index >= 15 is 0 Å². The van der Waals surface area contributed by atoms with E-state index in [4.69, 9.17) is 11.6 Å². The fourth-order valence-corrected chi connectivity index (χ4v) is 4.78. The number of benzene rings is 2. The summed E-state index contributed by atoms with van der Waals surface area (Å²) < 4.78 is 16.1. The number of nitrogens with one attached hydrogen (secondary N) is 1. The van der Waals surface area contributed by atoms with Crippen molar-refractivity contribution in [3.05, 3.63) is 90.1 Å². The number of hydrogen-bond acceptors (Lipinski definition) is 4. The molecule has 0 aliphatic rings. The molecule has 0 aliphatic heterocycles. The first kappa shape index (κ1) is 22.0. The minimum absolute atomic E-state index is 0.282. The largest absolute Gasteiger partial charge is 0.337 e. The first-order valence-corrected chi connectivity index (χ1v) is 10.9. The number of rotatable bonds is 4. The Morgan fingerprint density at radius 2 is 1.88 bits per heavy atom. The monoisotopic (exact) mass is 471 g/mol. The minimum Gasteiger partial charge on any atom is -0.324 e. The molecule has 0 spiro atoms. The molecule has 4 aromatic rings. The van der Waals surface area contributed by atoms with E-state index in [0.29, 0.717) is 26.5 Å². The normalized spacial score (nSPS) is 11.2. The average Bonchev–Trinajstić information content (AvgIpc) is 3.03. The number of anilines is 1. The lowest BCUT2D eigenvalue weighted by Gasteiger charge is -2.13. The first-order chi connectivity index (χ1) is 15.2. The minimum atomic E-state index is -0.656. The van der Waals surface area contributed by atoms with Crippen molar-refractivity contribution in [2.24, 2.45) is 0 Å². The Kier molecular flexibility index (Phi) is 5.75. The summed E-state index contributed by atoms with van der Waals surface area (Å²) >= 11 is 7.35. The van der Waals surface area contributed by atoms with E-state index < -0.39 is 23.0 Å². The fourth-order valence-electron chi connectivity index (χ4n) is 3.45. The topological polar surface area (TPSA) is 73.1 Å². The fraction of sp³-hybridized carbons (Fsp3) is 0.174. The summed E-state index contributed by atoms with van der Waals surface area (Å²) in [7, 11) is 0. The third kappa shape index (κ3) is 3.87. The van der Waals surface area contributed by atoms with Crippen LogP contribution in [0.3, 0.4) is 0 Å². The molecule has 0 saturated heterocycles. The highest BCUT2D eigenvalue weighted by Gasteiger charge is 2.21. The molecule has 0 bridgehead atoms. The van der Waals surface area contributed by atoms with Crippen LogP contribution in [0.4, 0.5) is 10.1 Å². The SMILES string of the molecule is Cc1ccc(NC(=O)Cn2c(=O)n(-c3cccc(Cl)c3)c(=O)c3c(C)c(C)sc32)cc1F. The van der Waals surface area contributed by atoms with Crippen LogP contribution in [0.15, 0.2) is 52.1 Å². The van der Waals surface area contributed by atoms with Crippen LogP contribution in [-0.2, 0) is 11.3 Å². The van der Waals surface area contributed by atoms with Gasteiger partial charge in [-0.2, -0.15) is 0 Å². The zero-order valence-corrected chi connectivity index (χ0v) is 19.1. The van der Waals surface area contributed by atoms with Crippen molar-refractivity contribution in [2.45, 2.75) is 27.3 Å². The van der Waals surface area contributed by atoms with Gasteiger partial charge >= 0.3 is 5.69 Å². The molecule has 164 valence electrons. The van der Waals surface area contributed by atoms with Crippen LogP contribution in [0.2, 0.25) is 5.02 Å². The van der Waals surface area contributed by atoms with E-state index in [1.807, 2.05) is 13.8 Å². The summed E-state index contributed by atoms with van der Waals surface area (Å²) in [5, 5.41) is 3.36. The van der Waals surface area contributed by atoms with E-state index in [2.05, 4.69) is 5.32 Å². The number of amides is 1. The Bertz CT molecular complexity index is 1500. The molecule has 32 heavy (non-hydrogen) atoms. The Morgan fingerprint density at radius 1 is 1.12 bits per heavy atom. The number of aryl methyl sites for hydroxylation is 3. The summed E-state index contributed by atoms with van der Waals surface area (Å²) in [6, 6.07) is 10.8. The van der Waals surface area contributed by atoms with E-state index in [1.165, 1.54) is 28.0 Å². The molecule has 0 radical (unpaired) electrons. The molecule has 2 aromatic heterocycles. The number of hydrogen-bond donors (Lipinski definition) is 1. The number of carbonyl (C=O) groups excluding carboxylic acids is 1. The highest BCUT2D eigenvalue weighted by Crippen LogP contribution is 2.27. The Hall–Kier alpha value is -3.23. The van der Waals surface area contributed by atoms with E-state index in [1.54, 1.807) is 37.3 Å². The molecule has 9 heteroatoms. The second-order valence-electron chi connectivity index (χ2n) is 7.46. The highest BCUT2D eigenvalue weighted by atomic mass is 35.5. The molecule has 4 rings (SSSR count). The van der Waals surface area contributed by atoms with Gasteiger partial charge in [-0.3, -0.25) is 14.2 Å². The van der Waals surface area contributed by atoms with Crippen LogP contribution in [0, 0.1) is 26.6 Å². The van der Waals surface area contributed by atoms with E-state index in [9.17, 15) is 18.8 Å². The summed E-state index contributed by atoms with van der Waals surface area (Å²) in [6.45, 7) is 4.94. The number of aromatic nitrogens is 2. The van der Waals surface area contributed by atoms with Crippen molar-refractivity contribution in [3.8, 4) is 5.69 Å². The first-order valence-electron chi connectivity index (χ1n) is 9.75. The maximum atomic E-state index is 13.8. The quantitative estimate of drug-likeness (QED) is 0.474. The molecular weight excluding hydrogens is 453 g/mol. The van der Waals surface area contributed by atoms with Gasteiger partial charge in [-0.15, -0.1) is 11.3 Å². The molecule has 2 aromatic carbocycles. The lowest BCUT2D eigenvalue weighted by Crippen LogP contribution is -2.40. The van der Waals surface area contributed by atoms with Gasteiger partial charge in [0.25, 0.3) is 5.56 Å². The summed E-state index contributed by atoms with van der Waals surface area (Å²) in [5.41, 5.74) is 0.679. The lowest BCUT2D eigenvalue weighted by atomic mass is 10.2. The molecule has 0 unspecified atom stereocenters. The summed E-state index contributed by atoms with van der Waals surface area (Å²) in [5.74, 6) is -0.960. The molecule has 0 aliphatic carbocycles. The van der Waals surface area contributed by atoms with Gasteiger partial charge < -0.3 is 5.32 Å². The van der Waals surface area contributed by atoms with Crippen LogP contribution in [0.5, 0.6) is 0 Å². The molecule has 0 saturated carbocycles. The second-order valence-corrected chi connectivity index (χ2v) is 9.10. The maximum Gasteiger partial charge on any atom is 0.337 e. The van der Waals surface area contributed by atoms with Gasteiger partial charge in [0.1, 0.15) is 17.2 Å². The Morgan fingerprint density at radius 3 is 2.56 bits per heavy atom. The third-order valence-corrected chi connectivity index (χ3v) is 6.74. The van der Waals surface area contributed by atoms with Gasteiger partial charge in [0.05, 0.1) is 11.1 Å². The lowest BCUT2D eigenvalue weighted by molar-refractivity contribution is -0.116. The molecule has 1 amide bonds. The predicted octanol–water partition coefficient (Wildman–Crippen LogP) is 4.57. The van der Waals surface area contributed by atoms with Gasteiger partial charge in [-0.05, 0) is 62.2 Å². The number of halogens is 2. The summed E-state index contributed by atoms with van der Waals surface area (Å²) in [4.78, 5) is 40.7. The molecule has 2 heterocycles. The van der Waals surface area contributed by atoms with Crippen molar-refractivity contribution >= 4 is 44.7 Å². The maximum absolute atomic E-state index is 13.8. The Balaban J connectivity index is 1.86. The van der Waals surface area contributed by atoms with Gasteiger partial charge in [0.2, 0.25) is 5.91 Å².